The number of hydrogen-bond acceptors (Lipinski definition) is 5. The van der Waals surface area contributed by atoms with Gasteiger partial charge in [0.15, 0.2) is 5.76 Å². The number of benzene rings is 1. The molecule has 2 aliphatic rings. The zero-order valence-corrected chi connectivity index (χ0v) is 16.3. The van der Waals surface area contributed by atoms with Crippen molar-refractivity contribution in [3.05, 3.63) is 83.9 Å². The third-order valence-corrected chi connectivity index (χ3v) is 6.15. The van der Waals surface area contributed by atoms with E-state index < -0.39 is 5.91 Å². The van der Waals surface area contributed by atoms with Crippen LogP contribution in [0.5, 0.6) is 0 Å². The van der Waals surface area contributed by atoms with Crippen molar-refractivity contribution < 1.29 is 14.0 Å². The lowest BCUT2D eigenvalue weighted by molar-refractivity contribution is 0.0683. The molecule has 0 unspecified atom stereocenters. The summed E-state index contributed by atoms with van der Waals surface area (Å²) in [5.74, 6) is 0.879. The van der Waals surface area contributed by atoms with Crippen molar-refractivity contribution in [3.8, 4) is 0 Å². The first-order valence-corrected chi connectivity index (χ1v) is 10.0. The van der Waals surface area contributed by atoms with Crippen LogP contribution in [-0.2, 0) is 0 Å². The number of rotatable bonds is 4. The second kappa shape index (κ2) is 7.33. The summed E-state index contributed by atoms with van der Waals surface area (Å²) in [6, 6.07) is 16.9. The summed E-state index contributed by atoms with van der Waals surface area (Å²) >= 11 is 0. The van der Waals surface area contributed by atoms with Gasteiger partial charge < -0.3 is 20.0 Å². The third kappa shape index (κ3) is 3.03. The quantitative estimate of drug-likeness (QED) is 0.724. The zero-order valence-electron chi connectivity index (χ0n) is 16.3. The lowest BCUT2D eigenvalue weighted by Gasteiger charge is -2.30. The zero-order chi connectivity index (χ0) is 20.7. The lowest BCUT2D eigenvalue weighted by Crippen LogP contribution is -2.36. The van der Waals surface area contributed by atoms with E-state index in [1.807, 2.05) is 23.1 Å². The summed E-state index contributed by atoms with van der Waals surface area (Å²) in [6.07, 6.45) is 3.20. The minimum absolute atomic E-state index is 0.0699. The van der Waals surface area contributed by atoms with Crippen LogP contribution in [0.15, 0.2) is 71.5 Å². The molecule has 2 aromatic heterocycles. The maximum Gasteiger partial charge on any atom is 0.290 e. The number of likely N-dealkylation sites (tertiary alicyclic amines) is 1. The maximum absolute atomic E-state index is 13.2. The predicted molar refractivity (Wildman–Crippen MR) is 111 cm³/mol. The fourth-order valence-electron chi connectivity index (χ4n) is 4.89. The molecule has 4 heterocycles. The molecule has 7 nitrogen and oxygen atoms in total. The van der Waals surface area contributed by atoms with Gasteiger partial charge >= 0.3 is 0 Å². The van der Waals surface area contributed by atoms with Gasteiger partial charge in [-0.3, -0.25) is 9.59 Å². The third-order valence-electron chi connectivity index (χ3n) is 6.15. The molecular weight excluding hydrogens is 380 g/mol. The normalized spacial score (nSPS) is 22.9. The van der Waals surface area contributed by atoms with Crippen LogP contribution in [0.25, 0.3) is 0 Å². The van der Waals surface area contributed by atoms with E-state index in [1.165, 1.54) is 6.26 Å². The van der Waals surface area contributed by atoms with E-state index in [0.717, 1.165) is 5.56 Å². The van der Waals surface area contributed by atoms with Gasteiger partial charge in [-0.2, -0.15) is 0 Å². The highest BCUT2D eigenvalue weighted by Gasteiger charge is 2.50. The summed E-state index contributed by atoms with van der Waals surface area (Å²) in [6.45, 7) is 2.04. The smallest absolute Gasteiger partial charge is 0.290 e. The summed E-state index contributed by atoms with van der Waals surface area (Å²) in [5, 5.41) is 0. The molecule has 3 aromatic rings. The average molecular weight is 402 g/mol. The molecule has 2 amide bonds. The Morgan fingerprint density at radius 2 is 1.83 bits per heavy atom. The Labute approximate surface area is 174 Å². The van der Waals surface area contributed by atoms with Crippen LogP contribution in [0.4, 0.5) is 5.82 Å². The predicted octanol–water partition coefficient (Wildman–Crippen LogP) is 2.72. The van der Waals surface area contributed by atoms with E-state index in [2.05, 4.69) is 22.0 Å². The van der Waals surface area contributed by atoms with E-state index in [1.54, 1.807) is 30.5 Å². The van der Waals surface area contributed by atoms with Crippen LogP contribution >= 0.6 is 0 Å². The number of fused-ring (bicyclic) bond motifs is 1. The highest BCUT2D eigenvalue weighted by Crippen LogP contribution is 2.46. The number of pyridine rings is 1. The second-order valence-electron chi connectivity index (χ2n) is 7.86. The number of hydrogen-bond donors (Lipinski definition) is 1. The molecular formula is C23H22N4O3. The van der Waals surface area contributed by atoms with E-state index in [4.69, 9.17) is 10.2 Å². The van der Waals surface area contributed by atoms with Crippen molar-refractivity contribution in [2.75, 3.05) is 24.5 Å². The first-order chi connectivity index (χ1) is 14.6. The molecule has 30 heavy (non-hydrogen) atoms. The molecule has 1 aromatic carbocycles. The SMILES string of the molecule is NC(=O)c1cccnc1N1C[C@H]2CN(C(=O)c3ccco3)[C@@H](c3ccccc3)[C@H]2C1. The van der Waals surface area contributed by atoms with Gasteiger partial charge in [-0.05, 0) is 29.8 Å². The van der Waals surface area contributed by atoms with Gasteiger partial charge in [0.2, 0.25) is 0 Å². The molecule has 152 valence electrons. The first kappa shape index (κ1) is 18.4. The van der Waals surface area contributed by atoms with Crippen LogP contribution in [-0.4, -0.2) is 41.3 Å². The molecule has 3 atom stereocenters. The van der Waals surface area contributed by atoms with Gasteiger partial charge in [0.1, 0.15) is 5.82 Å². The van der Waals surface area contributed by atoms with E-state index in [0.29, 0.717) is 36.8 Å². The van der Waals surface area contributed by atoms with Gasteiger partial charge in [-0.1, -0.05) is 30.3 Å². The molecule has 0 spiro atoms. The monoisotopic (exact) mass is 402 g/mol. The van der Waals surface area contributed by atoms with Crippen LogP contribution in [0.1, 0.15) is 32.5 Å². The minimum atomic E-state index is -0.482. The Morgan fingerprint density at radius 3 is 2.57 bits per heavy atom. The van der Waals surface area contributed by atoms with Crippen molar-refractivity contribution in [1.82, 2.24) is 9.88 Å². The first-order valence-electron chi connectivity index (χ1n) is 10.0. The molecule has 2 N–H and O–H groups in total. The standard InChI is InChI=1S/C23H22N4O3/c24-21(28)17-8-4-10-25-22(17)26-12-16-13-27(23(29)19-9-5-11-30-19)20(18(16)14-26)15-6-2-1-3-7-15/h1-11,16,18,20H,12-14H2,(H2,24,28)/t16-,18-,20-/m0/s1. The molecule has 7 heteroatoms. The van der Waals surface area contributed by atoms with Gasteiger partial charge in [-0.15, -0.1) is 0 Å². The molecule has 2 aliphatic heterocycles. The van der Waals surface area contributed by atoms with Gasteiger partial charge in [0, 0.05) is 37.7 Å². The molecule has 2 fully saturated rings. The van der Waals surface area contributed by atoms with E-state index >= 15 is 0 Å². The van der Waals surface area contributed by atoms with Crippen LogP contribution < -0.4 is 10.6 Å². The molecule has 0 radical (unpaired) electrons. The van der Waals surface area contributed by atoms with Crippen LogP contribution in [0, 0.1) is 11.8 Å². The van der Waals surface area contributed by atoms with E-state index in [9.17, 15) is 9.59 Å². The molecule has 2 saturated heterocycles. The van der Waals surface area contributed by atoms with Gasteiger partial charge in [0.05, 0.1) is 17.9 Å². The Hall–Kier alpha value is -3.61. The fraction of sp³-hybridized carbons (Fsp3) is 0.261. The topological polar surface area (TPSA) is 92.7 Å². The Kier molecular flexibility index (Phi) is 4.50. The Morgan fingerprint density at radius 1 is 1.00 bits per heavy atom. The highest BCUT2D eigenvalue weighted by atomic mass is 16.3. The van der Waals surface area contributed by atoms with E-state index in [-0.39, 0.29) is 23.8 Å². The van der Waals surface area contributed by atoms with Crippen molar-refractivity contribution in [2.24, 2.45) is 17.6 Å². The number of furan rings is 1. The molecule has 0 saturated carbocycles. The number of carbonyl (C=O) groups excluding carboxylic acids is 2. The van der Waals surface area contributed by atoms with Gasteiger partial charge in [-0.25, -0.2) is 4.98 Å². The largest absolute Gasteiger partial charge is 0.459 e. The number of nitrogens with two attached hydrogens (primary N) is 1. The molecule has 5 rings (SSSR count). The summed E-state index contributed by atoms with van der Waals surface area (Å²) in [7, 11) is 0. The fourth-order valence-corrected chi connectivity index (χ4v) is 4.89. The van der Waals surface area contributed by atoms with Crippen molar-refractivity contribution in [3.63, 3.8) is 0 Å². The van der Waals surface area contributed by atoms with Crippen LogP contribution in [0.2, 0.25) is 0 Å². The summed E-state index contributed by atoms with van der Waals surface area (Å²) in [5.41, 5.74) is 7.09. The van der Waals surface area contributed by atoms with Crippen molar-refractivity contribution >= 4 is 17.6 Å². The lowest BCUT2D eigenvalue weighted by atomic mass is 9.89. The van der Waals surface area contributed by atoms with Gasteiger partial charge in [0.25, 0.3) is 11.8 Å². The number of anilines is 1. The Balaban J connectivity index is 1.48. The number of aromatic nitrogens is 1. The summed E-state index contributed by atoms with van der Waals surface area (Å²) < 4.78 is 5.38. The average Bonchev–Trinajstić information content (AvgIpc) is 3.50. The maximum atomic E-state index is 13.2. The van der Waals surface area contributed by atoms with Crippen molar-refractivity contribution in [1.29, 1.82) is 0 Å². The minimum Gasteiger partial charge on any atom is -0.459 e. The Bertz CT molecular complexity index is 1070. The molecule has 0 aliphatic carbocycles. The second-order valence-corrected chi connectivity index (χ2v) is 7.86. The number of primary amides is 1. The number of carbonyl (C=O) groups is 2. The highest BCUT2D eigenvalue weighted by molar-refractivity contribution is 5.97. The summed E-state index contributed by atoms with van der Waals surface area (Å²) in [4.78, 5) is 33.5. The number of nitrogens with zero attached hydrogens (tertiary/aromatic N) is 3. The molecule has 0 bridgehead atoms. The van der Waals surface area contributed by atoms with Crippen molar-refractivity contribution in [2.45, 2.75) is 6.04 Å². The number of amides is 2. The van der Waals surface area contributed by atoms with Crippen LogP contribution in [0.3, 0.4) is 0 Å².